The summed E-state index contributed by atoms with van der Waals surface area (Å²) in [6.45, 7) is 4.46. The number of imide groups is 1. The molecule has 4 N–H and O–H groups in total. The van der Waals surface area contributed by atoms with Crippen molar-refractivity contribution >= 4 is 23.7 Å². The van der Waals surface area contributed by atoms with Gasteiger partial charge >= 0.3 is 12.1 Å². The number of carbonyl (C=O) groups is 3. The summed E-state index contributed by atoms with van der Waals surface area (Å²) in [5, 5.41) is 10.7. The van der Waals surface area contributed by atoms with Gasteiger partial charge in [-0.15, -0.1) is 0 Å². The van der Waals surface area contributed by atoms with Crippen molar-refractivity contribution in [3.63, 3.8) is 0 Å². The van der Waals surface area contributed by atoms with E-state index in [0.29, 0.717) is 13.0 Å². The van der Waals surface area contributed by atoms with Gasteiger partial charge in [0.15, 0.2) is 0 Å². The van der Waals surface area contributed by atoms with Crippen LogP contribution < -0.4 is 21.3 Å². The van der Waals surface area contributed by atoms with Crippen LogP contribution in [0.15, 0.2) is 18.2 Å². The number of rotatable bonds is 4. The van der Waals surface area contributed by atoms with E-state index in [1.54, 1.807) is 0 Å². The molecule has 0 unspecified atom stereocenters. The molecule has 5 amide bonds. The van der Waals surface area contributed by atoms with Crippen LogP contribution in [0.3, 0.4) is 0 Å². The quantitative estimate of drug-likeness (QED) is 0.629. The van der Waals surface area contributed by atoms with E-state index >= 15 is 0 Å². The third-order valence-corrected chi connectivity index (χ3v) is 5.29. The van der Waals surface area contributed by atoms with Gasteiger partial charge in [0.25, 0.3) is 5.91 Å². The first-order valence-electron chi connectivity index (χ1n) is 8.72. The highest BCUT2D eigenvalue weighted by molar-refractivity contribution is 6.07. The Bertz CT molecular complexity index is 718. The fourth-order valence-corrected chi connectivity index (χ4v) is 3.84. The largest absolute Gasteiger partial charge is 0.337 e. The summed E-state index contributed by atoms with van der Waals surface area (Å²) >= 11 is 0. The van der Waals surface area contributed by atoms with E-state index in [2.05, 4.69) is 28.2 Å². The molecule has 1 aromatic carbocycles. The average Bonchev–Trinajstić information content (AvgIpc) is 3.10. The van der Waals surface area contributed by atoms with Crippen LogP contribution in [0.2, 0.25) is 0 Å². The summed E-state index contributed by atoms with van der Waals surface area (Å²) < 4.78 is 0. The highest BCUT2D eigenvalue weighted by Gasteiger charge is 2.54. The normalized spacial score (nSPS) is 25.0. The van der Waals surface area contributed by atoms with Crippen molar-refractivity contribution in [2.75, 3.05) is 11.9 Å². The molecule has 0 bridgehead atoms. The fraction of sp³-hybridized carbons (Fsp3) is 0.500. The Morgan fingerprint density at radius 2 is 2.16 bits per heavy atom. The molecule has 1 saturated heterocycles. The monoisotopic (exact) mass is 344 g/mol. The highest BCUT2D eigenvalue weighted by Crippen LogP contribution is 2.37. The molecule has 1 aliphatic carbocycles. The Hall–Kier alpha value is -2.57. The number of hydrogen-bond donors (Lipinski definition) is 4. The van der Waals surface area contributed by atoms with Crippen LogP contribution in [-0.2, 0) is 11.2 Å². The molecule has 134 valence electrons. The van der Waals surface area contributed by atoms with Crippen molar-refractivity contribution in [3.05, 3.63) is 29.3 Å². The standard InChI is InChI=1S/C18H24N4O3/c1-3-12-9-14(7-6-11(12)2)20-16(24)19-10-13-5-4-8-18(13)15(23)21-17(25)22-18/h6-7,9,13H,3-5,8,10H2,1-2H3,(H2,19,20,24)(H2,21,22,23,25)/t13-,18+/m1/s1. The topological polar surface area (TPSA) is 99.3 Å². The van der Waals surface area contributed by atoms with E-state index < -0.39 is 11.6 Å². The number of benzene rings is 1. The first kappa shape index (κ1) is 17.3. The number of amides is 5. The van der Waals surface area contributed by atoms with Gasteiger partial charge in [-0.05, 0) is 49.4 Å². The first-order chi connectivity index (χ1) is 11.9. The summed E-state index contributed by atoms with van der Waals surface area (Å²) in [4.78, 5) is 35.8. The number of aryl methyl sites for hydroxylation is 2. The van der Waals surface area contributed by atoms with Crippen molar-refractivity contribution in [3.8, 4) is 0 Å². The van der Waals surface area contributed by atoms with Gasteiger partial charge in [0.2, 0.25) is 0 Å². The SMILES string of the molecule is CCc1cc(NC(=O)NC[C@H]2CCC[C@]23NC(=O)NC3=O)ccc1C. The second kappa shape index (κ2) is 6.74. The molecular weight excluding hydrogens is 320 g/mol. The summed E-state index contributed by atoms with van der Waals surface area (Å²) in [6, 6.07) is 5.07. The second-order valence-electron chi connectivity index (χ2n) is 6.80. The van der Waals surface area contributed by atoms with Crippen LogP contribution in [0, 0.1) is 12.8 Å². The Morgan fingerprint density at radius 3 is 2.84 bits per heavy atom. The van der Waals surface area contributed by atoms with Crippen LogP contribution in [0.5, 0.6) is 0 Å². The molecule has 2 atom stereocenters. The molecule has 1 aromatic rings. The van der Waals surface area contributed by atoms with Gasteiger partial charge in [-0.25, -0.2) is 9.59 Å². The third kappa shape index (κ3) is 3.31. The maximum absolute atomic E-state index is 12.2. The number of hydrogen-bond acceptors (Lipinski definition) is 3. The molecule has 3 rings (SSSR count). The Balaban J connectivity index is 1.59. The molecule has 1 saturated carbocycles. The summed E-state index contributed by atoms with van der Waals surface area (Å²) in [6.07, 6.45) is 3.15. The predicted molar refractivity (Wildman–Crippen MR) is 94.3 cm³/mol. The summed E-state index contributed by atoms with van der Waals surface area (Å²) in [5.41, 5.74) is 2.26. The Morgan fingerprint density at radius 1 is 1.36 bits per heavy atom. The van der Waals surface area contributed by atoms with Gasteiger partial charge in [-0.3, -0.25) is 10.1 Å². The lowest BCUT2D eigenvalue weighted by Crippen LogP contribution is -2.53. The highest BCUT2D eigenvalue weighted by atomic mass is 16.2. The van der Waals surface area contributed by atoms with Crippen molar-refractivity contribution in [2.45, 2.75) is 45.1 Å². The zero-order chi connectivity index (χ0) is 18.0. The summed E-state index contributed by atoms with van der Waals surface area (Å²) in [5.74, 6) is -0.387. The van der Waals surface area contributed by atoms with Crippen molar-refractivity contribution in [1.29, 1.82) is 0 Å². The van der Waals surface area contributed by atoms with E-state index in [0.717, 1.165) is 24.9 Å². The summed E-state index contributed by atoms with van der Waals surface area (Å²) in [7, 11) is 0. The zero-order valence-corrected chi connectivity index (χ0v) is 14.6. The molecule has 7 nitrogen and oxygen atoms in total. The van der Waals surface area contributed by atoms with E-state index in [1.807, 2.05) is 25.1 Å². The minimum atomic E-state index is -0.871. The molecule has 1 spiro atoms. The lowest BCUT2D eigenvalue weighted by Gasteiger charge is -2.28. The number of nitrogens with one attached hydrogen (secondary N) is 4. The molecule has 0 aromatic heterocycles. The third-order valence-electron chi connectivity index (χ3n) is 5.29. The molecule has 25 heavy (non-hydrogen) atoms. The second-order valence-corrected chi connectivity index (χ2v) is 6.80. The lowest BCUT2D eigenvalue weighted by atomic mass is 9.87. The zero-order valence-electron chi connectivity index (χ0n) is 14.6. The molecule has 1 heterocycles. The van der Waals surface area contributed by atoms with Crippen LogP contribution in [-0.4, -0.2) is 30.1 Å². The van der Waals surface area contributed by atoms with Gasteiger partial charge in [0.1, 0.15) is 5.54 Å². The number of urea groups is 2. The Kier molecular flexibility index (Phi) is 4.65. The molecule has 2 fully saturated rings. The first-order valence-corrected chi connectivity index (χ1v) is 8.72. The molecular formula is C18H24N4O3. The van der Waals surface area contributed by atoms with Gasteiger partial charge in [0, 0.05) is 18.2 Å². The average molecular weight is 344 g/mol. The van der Waals surface area contributed by atoms with Crippen molar-refractivity contribution in [1.82, 2.24) is 16.0 Å². The van der Waals surface area contributed by atoms with Crippen LogP contribution >= 0.6 is 0 Å². The van der Waals surface area contributed by atoms with E-state index in [-0.39, 0.29) is 17.9 Å². The molecule has 7 heteroatoms. The number of anilines is 1. The van der Waals surface area contributed by atoms with Gasteiger partial charge in [0.05, 0.1) is 0 Å². The molecule has 2 aliphatic rings. The minimum absolute atomic E-state index is 0.103. The van der Waals surface area contributed by atoms with Crippen molar-refractivity contribution < 1.29 is 14.4 Å². The smallest absolute Gasteiger partial charge is 0.322 e. The van der Waals surface area contributed by atoms with E-state index in [4.69, 9.17) is 0 Å². The van der Waals surface area contributed by atoms with Crippen LogP contribution in [0.25, 0.3) is 0 Å². The predicted octanol–water partition coefficient (Wildman–Crippen LogP) is 2.06. The fourth-order valence-electron chi connectivity index (χ4n) is 3.84. The minimum Gasteiger partial charge on any atom is -0.337 e. The Labute approximate surface area is 146 Å². The van der Waals surface area contributed by atoms with Crippen LogP contribution in [0.4, 0.5) is 15.3 Å². The maximum Gasteiger partial charge on any atom is 0.322 e. The van der Waals surface area contributed by atoms with E-state index in [1.165, 1.54) is 11.1 Å². The van der Waals surface area contributed by atoms with Gasteiger partial charge in [-0.1, -0.05) is 19.4 Å². The van der Waals surface area contributed by atoms with E-state index in [9.17, 15) is 14.4 Å². The lowest BCUT2D eigenvalue weighted by molar-refractivity contribution is -0.125. The number of carbonyl (C=O) groups excluding carboxylic acids is 3. The van der Waals surface area contributed by atoms with Gasteiger partial charge in [-0.2, -0.15) is 0 Å². The molecule has 1 aliphatic heterocycles. The van der Waals surface area contributed by atoms with Crippen LogP contribution in [0.1, 0.15) is 37.3 Å². The maximum atomic E-state index is 12.2. The van der Waals surface area contributed by atoms with Crippen molar-refractivity contribution in [2.24, 2.45) is 5.92 Å². The van der Waals surface area contributed by atoms with Gasteiger partial charge < -0.3 is 16.0 Å². The molecule has 0 radical (unpaired) electrons.